The van der Waals surface area contributed by atoms with Crippen molar-refractivity contribution in [3.63, 3.8) is 0 Å². The van der Waals surface area contributed by atoms with Crippen LogP contribution in [0.4, 0.5) is 0 Å². The number of hydrogen-bond acceptors (Lipinski definition) is 5. The molecule has 7 nitrogen and oxygen atoms in total. The number of furan rings is 1. The summed E-state index contributed by atoms with van der Waals surface area (Å²) in [5.74, 6) is 2.05. The number of nitrogens with zero attached hydrogens (tertiary/aromatic N) is 6. The van der Waals surface area contributed by atoms with Gasteiger partial charge in [0.2, 0.25) is 0 Å². The lowest BCUT2D eigenvalue weighted by Crippen LogP contribution is -2.08. The van der Waals surface area contributed by atoms with Gasteiger partial charge in [-0.2, -0.15) is 5.10 Å². The molecule has 0 aliphatic rings. The minimum Gasteiger partial charge on any atom is -0.461 e. The van der Waals surface area contributed by atoms with E-state index in [2.05, 4.69) is 24.6 Å². The van der Waals surface area contributed by atoms with Crippen molar-refractivity contribution in [1.29, 1.82) is 0 Å². The van der Waals surface area contributed by atoms with Crippen molar-refractivity contribution in [3.8, 4) is 23.0 Å². The van der Waals surface area contributed by atoms with E-state index in [1.807, 2.05) is 35.3 Å². The van der Waals surface area contributed by atoms with Crippen LogP contribution in [0.15, 0.2) is 66.1 Å². The summed E-state index contributed by atoms with van der Waals surface area (Å²) in [5, 5.41) is 4.21. The van der Waals surface area contributed by atoms with Crippen LogP contribution in [-0.4, -0.2) is 29.3 Å². The fourth-order valence-electron chi connectivity index (χ4n) is 2.37. The average Bonchev–Trinajstić information content (AvgIpc) is 3.34. The first kappa shape index (κ1) is 13.4. The van der Waals surface area contributed by atoms with Crippen molar-refractivity contribution < 1.29 is 4.42 Å². The Balaban J connectivity index is 1.55. The van der Waals surface area contributed by atoms with Crippen LogP contribution in [0.1, 0.15) is 0 Å². The zero-order valence-corrected chi connectivity index (χ0v) is 12.3. The molecule has 0 saturated heterocycles. The van der Waals surface area contributed by atoms with Gasteiger partial charge in [0.1, 0.15) is 5.82 Å². The average molecular weight is 306 g/mol. The summed E-state index contributed by atoms with van der Waals surface area (Å²) in [6, 6.07) is 5.56. The normalized spacial score (nSPS) is 11.0. The van der Waals surface area contributed by atoms with Crippen LogP contribution in [-0.2, 0) is 13.1 Å². The highest BCUT2D eigenvalue weighted by Crippen LogP contribution is 2.19. The Kier molecular flexibility index (Phi) is 3.44. The molecule has 0 atom stereocenters. The summed E-state index contributed by atoms with van der Waals surface area (Å²) in [5.41, 5.74) is 0.866. The molecule has 0 N–H and O–H groups in total. The second-order valence-corrected chi connectivity index (χ2v) is 4.99. The van der Waals surface area contributed by atoms with E-state index in [1.165, 1.54) is 0 Å². The molecule has 7 heteroatoms. The van der Waals surface area contributed by atoms with Gasteiger partial charge in [0.15, 0.2) is 11.6 Å². The largest absolute Gasteiger partial charge is 0.461 e. The van der Waals surface area contributed by atoms with Gasteiger partial charge in [0, 0.05) is 43.7 Å². The first-order chi connectivity index (χ1) is 11.4. The van der Waals surface area contributed by atoms with Gasteiger partial charge in [-0.15, -0.1) is 0 Å². The monoisotopic (exact) mass is 306 g/mol. The standard InChI is InChI=1S/C16H14N6O/c1-3-14(23-10-1)15-18-11-13(12-19-15)16-17-5-7-21(16)8-9-22-6-2-4-20-22/h1-7,10-12H,8-9H2. The van der Waals surface area contributed by atoms with Gasteiger partial charge in [-0.05, 0) is 18.2 Å². The molecule has 0 unspecified atom stereocenters. The minimum absolute atomic E-state index is 0.563. The van der Waals surface area contributed by atoms with E-state index in [9.17, 15) is 0 Å². The second-order valence-electron chi connectivity index (χ2n) is 4.99. The summed E-state index contributed by atoms with van der Waals surface area (Å²) in [7, 11) is 0. The maximum atomic E-state index is 5.30. The third-order valence-corrected chi connectivity index (χ3v) is 3.50. The van der Waals surface area contributed by atoms with Crippen LogP contribution in [0.5, 0.6) is 0 Å². The van der Waals surface area contributed by atoms with E-state index in [1.54, 1.807) is 31.1 Å². The van der Waals surface area contributed by atoms with Crippen LogP contribution in [0, 0.1) is 0 Å². The molecule has 0 bridgehead atoms. The zero-order chi connectivity index (χ0) is 15.5. The van der Waals surface area contributed by atoms with E-state index in [-0.39, 0.29) is 0 Å². The lowest BCUT2D eigenvalue weighted by atomic mass is 10.3. The molecular weight excluding hydrogens is 292 g/mol. The quantitative estimate of drug-likeness (QED) is 0.566. The fourth-order valence-corrected chi connectivity index (χ4v) is 2.37. The highest BCUT2D eigenvalue weighted by molar-refractivity contribution is 5.55. The third-order valence-electron chi connectivity index (χ3n) is 3.50. The van der Waals surface area contributed by atoms with Crippen LogP contribution in [0.25, 0.3) is 23.0 Å². The Bertz CT molecular complexity index is 862. The van der Waals surface area contributed by atoms with Gasteiger partial charge in [0.25, 0.3) is 0 Å². The third kappa shape index (κ3) is 2.76. The summed E-state index contributed by atoms with van der Waals surface area (Å²) < 4.78 is 9.25. The molecule has 4 rings (SSSR count). The molecule has 114 valence electrons. The van der Waals surface area contributed by atoms with Crippen molar-refractivity contribution in [2.75, 3.05) is 0 Å². The van der Waals surface area contributed by atoms with E-state index in [4.69, 9.17) is 4.42 Å². The predicted octanol–water partition coefficient (Wildman–Crippen LogP) is 2.50. The molecule has 23 heavy (non-hydrogen) atoms. The van der Waals surface area contributed by atoms with Crippen molar-refractivity contribution >= 4 is 0 Å². The van der Waals surface area contributed by atoms with Crippen molar-refractivity contribution in [2.45, 2.75) is 13.1 Å². The zero-order valence-electron chi connectivity index (χ0n) is 12.3. The van der Waals surface area contributed by atoms with Gasteiger partial charge in [0.05, 0.1) is 18.4 Å². The summed E-state index contributed by atoms with van der Waals surface area (Å²) in [6.45, 7) is 1.55. The first-order valence-corrected chi connectivity index (χ1v) is 7.25. The van der Waals surface area contributed by atoms with E-state index in [0.717, 1.165) is 24.5 Å². The van der Waals surface area contributed by atoms with Crippen molar-refractivity contribution in [2.24, 2.45) is 0 Å². The van der Waals surface area contributed by atoms with Gasteiger partial charge >= 0.3 is 0 Å². The number of hydrogen-bond donors (Lipinski definition) is 0. The number of imidazole rings is 1. The summed E-state index contributed by atoms with van der Waals surface area (Å²) in [6.07, 6.45) is 12.6. The molecule has 0 amide bonds. The van der Waals surface area contributed by atoms with E-state index < -0.39 is 0 Å². The Morgan fingerprint density at radius 3 is 2.61 bits per heavy atom. The van der Waals surface area contributed by atoms with Crippen LogP contribution >= 0.6 is 0 Å². The Morgan fingerprint density at radius 1 is 0.957 bits per heavy atom. The highest BCUT2D eigenvalue weighted by Gasteiger charge is 2.09. The highest BCUT2D eigenvalue weighted by atomic mass is 16.3. The SMILES string of the molecule is c1coc(-c2ncc(-c3nccn3CCn3cccn3)cn2)c1. The Labute approximate surface area is 132 Å². The molecule has 0 saturated carbocycles. The molecule has 0 aliphatic carbocycles. The maximum absolute atomic E-state index is 5.30. The van der Waals surface area contributed by atoms with Crippen molar-refractivity contribution in [1.82, 2.24) is 29.3 Å². The molecule has 0 fully saturated rings. The lowest BCUT2D eigenvalue weighted by molar-refractivity contribution is 0.536. The predicted molar refractivity (Wildman–Crippen MR) is 83.2 cm³/mol. The van der Waals surface area contributed by atoms with Crippen LogP contribution in [0.3, 0.4) is 0 Å². The Hall–Kier alpha value is -3.22. The van der Waals surface area contributed by atoms with Gasteiger partial charge in [-0.3, -0.25) is 4.68 Å². The van der Waals surface area contributed by atoms with Gasteiger partial charge in [-0.1, -0.05) is 0 Å². The molecule has 4 aromatic heterocycles. The molecule has 0 aromatic carbocycles. The number of aromatic nitrogens is 6. The van der Waals surface area contributed by atoms with E-state index >= 15 is 0 Å². The molecule has 0 radical (unpaired) electrons. The molecule has 0 spiro atoms. The second kappa shape index (κ2) is 5.88. The summed E-state index contributed by atoms with van der Waals surface area (Å²) >= 11 is 0. The number of rotatable bonds is 5. The molecule has 4 aromatic rings. The van der Waals surface area contributed by atoms with Gasteiger partial charge in [-0.25, -0.2) is 15.0 Å². The minimum atomic E-state index is 0.563. The number of aryl methyl sites for hydroxylation is 2. The van der Waals surface area contributed by atoms with Crippen molar-refractivity contribution in [3.05, 3.63) is 61.6 Å². The maximum Gasteiger partial charge on any atom is 0.195 e. The fraction of sp³-hybridized carbons (Fsp3) is 0.125. The lowest BCUT2D eigenvalue weighted by Gasteiger charge is -2.08. The Morgan fingerprint density at radius 2 is 1.87 bits per heavy atom. The molecule has 4 heterocycles. The molecular formula is C16H14N6O. The first-order valence-electron chi connectivity index (χ1n) is 7.25. The summed E-state index contributed by atoms with van der Waals surface area (Å²) in [4.78, 5) is 13.1. The van der Waals surface area contributed by atoms with E-state index in [0.29, 0.717) is 11.6 Å². The topological polar surface area (TPSA) is 74.6 Å². The van der Waals surface area contributed by atoms with Crippen LogP contribution in [0.2, 0.25) is 0 Å². The smallest absolute Gasteiger partial charge is 0.195 e. The van der Waals surface area contributed by atoms with Gasteiger partial charge < -0.3 is 8.98 Å². The van der Waals surface area contributed by atoms with Crippen LogP contribution < -0.4 is 0 Å². The molecule has 0 aliphatic heterocycles.